The number of phenols is 1. The SMILES string of the molecule is CC[C@@H](Nc1c(Nc2cccc(C(=O)N(C)C)c2O)c(=O)c1=O)c1ccc(C(F)(F)F)c(F)c1. The van der Waals surface area contributed by atoms with Crippen LogP contribution < -0.4 is 21.5 Å². The van der Waals surface area contributed by atoms with Gasteiger partial charge in [0, 0.05) is 14.1 Å². The average Bonchev–Trinajstić information content (AvgIpc) is 2.77. The number of halogens is 4. The van der Waals surface area contributed by atoms with Crippen LogP contribution >= 0.6 is 0 Å². The van der Waals surface area contributed by atoms with Gasteiger partial charge < -0.3 is 20.6 Å². The summed E-state index contributed by atoms with van der Waals surface area (Å²) in [5.74, 6) is -2.38. The highest BCUT2D eigenvalue weighted by Gasteiger charge is 2.34. The fraction of sp³-hybridized carbons (Fsp3) is 0.261. The third kappa shape index (κ3) is 4.59. The Kier molecular flexibility index (Phi) is 6.67. The van der Waals surface area contributed by atoms with Gasteiger partial charge in [-0.15, -0.1) is 0 Å². The van der Waals surface area contributed by atoms with Crippen molar-refractivity contribution in [2.45, 2.75) is 25.6 Å². The number of aromatic hydroxyl groups is 1. The lowest BCUT2D eigenvalue weighted by Gasteiger charge is -2.23. The lowest BCUT2D eigenvalue weighted by atomic mass is 10.0. The van der Waals surface area contributed by atoms with Crippen LogP contribution in [0.5, 0.6) is 5.75 Å². The van der Waals surface area contributed by atoms with Crippen molar-refractivity contribution < 1.29 is 27.5 Å². The van der Waals surface area contributed by atoms with Gasteiger partial charge >= 0.3 is 6.18 Å². The average molecular weight is 479 g/mol. The third-order valence-corrected chi connectivity index (χ3v) is 5.27. The highest BCUT2D eigenvalue weighted by atomic mass is 19.4. The molecule has 0 saturated heterocycles. The molecular weight excluding hydrogens is 458 g/mol. The molecular formula is C23H21F4N3O4. The topological polar surface area (TPSA) is 98.7 Å². The molecule has 34 heavy (non-hydrogen) atoms. The molecule has 0 aliphatic rings. The number of alkyl halides is 3. The second-order valence-electron chi connectivity index (χ2n) is 7.78. The van der Waals surface area contributed by atoms with Crippen LogP contribution in [0.2, 0.25) is 0 Å². The molecule has 0 saturated carbocycles. The van der Waals surface area contributed by atoms with Crippen LogP contribution in [0, 0.1) is 5.82 Å². The number of rotatable bonds is 7. The van der Waals surface area contributed by atoms with Crippen molar-refractivity contribution in [3.05, 3.63) is 79.4 Å². The second kappa shape index (κ2) is 9.16. The number of amides is 1. The Hall–Kier alpha value is -3.89. The van der Waals surface area contributed by atoms with Gasteiger partial charge in [0.2, 0.25) is 0 Å². The molecule has 0 aromatic heterocycles. The number of benzene rings is 2. The molecule has 0 fully saturated rings. The van der Waals surface area contributed by atoms with E-state index in [1.54, 1.807) is 6.92 Å². The molecule has 3 rings (SSSR count). The zero-order valence-corrected chi connectivity index (χ0v) is 18.4. The Morgan fingerprint density at radius 2 is 1.74 bits per heavy atom. The molecule has 3 N–H and O–H groups in total. The number of anilines is 3. The van der Waals surface area contributed by atoms with E-state index in [9.17, 15) is 37.1 Å². The van der Waals surface area contributed by atoms with Crippen molar-refractivity contribution in [1.29, 1.82) is 0 Å². The van der Waals surface area contributed by atoms with E-state index < -0.39 is 46.1 Å². The zero-order valence-electron chi connectivity index (χ0n) is 18.4. The maximum atomic E-state index is 14.0. The lowest BCUT2D eigenvalue weighted by molar-refractivity contribution is -0.140. The largest absolute Gasteiger partial charge is 0.505 e. The maximum absolute atomic E-state index is 14.0. The van der Waals surface area contributed by atoms with Crippen LogP contribution in [0.4, 0.5) is 34.6 Å². The van der Waals surface area contributed by atoms with Gasteiger partial charge in [-0.25, -0.2) is 4.39 Å². The van der Waals surface area contributed by atoms with Crippen LogP contribution in [0.3, 0.4) is 0 Å². The number of nitrogens with one attached hydrogen (secondary N) is 2. The molecule has 0 bridgehead atoms. The van der Waals surface area contributed by atoms with Crippen molar-refractivity contribution in [3.63, 3.8) is 0 Å². The van der Waals surface area contributed by atoms with E-state index in [4.69, 9.17) is 0 Å². The highest BCUT2D eigenvalue weighted by molar-refractivity contribution is 5.99. The molecule has 3 aromatic rings. The van der Waals surface area contributed by atoms with Crippen molar-refractivity contribution in [3.8, 4) is 5.75 Å². The molecule has 11 heteroatoms. The number of phenolic OH excluding ortho intramolecular Hbond substituents is 1. The smallest absolute Gasteiger partial charge is 0.419 e. The first kappa shape index (κ1) is 24.7. The van der Waals surface area contributed by atoms with Gasteiger partial charge in [-0.2, -0.15) is 13.2 Å². The number of carbonyl (C=O) groups excluding carboxylic acids is 1. The summed E-state index contributed by atoms with van der Waals surface area (Å²) in [6.07, 6.45) is -4.60. The van der Waals surface area contributed by atoms with E-state index >= 15 is 0 Å². The summed E-state index contributed by atoms with van der Waals surface area (Å²) >= 11 is 0. The van der Waals surface area contributed by atoms with Gasteiger partial charge in [0.05, 0.1) is 22.9 Å². The Balaban J connectivity index is 1.91. The lowest BCUT2D eigenvalue weighted by Crippen LogP contribution is -2.37. The van der Waals surface area contributed by atoms with Crippen molar-refractivity contribution in [2.24, 2.45) is 0 Å². The summed E-state index contributed by atoms with van der Waals surface area (Å²) in [6.45, 7) is 1.66. The van der Waals surface area contributed by atoms with Crippen LogP contribution in [0.1, 0.15) is 40.9 Å². The van der Waals surface area contributed by atoms with E-state index in [2.05, 4.69) is 10.6 Å². The quantitative estimate of drug-likeness (QED) is 0.268. The Morgan fingerprint density at radius 3 is 2.29 bits per heavy atom. The van der Waals surface area contributed by atoms with E-state index in [0.717, 1.165) is 12.1 Å². The maximum Gasteiger partial charge on any atom is 0.419 e. The van der Waals surface area contributed by atoms with E-state index in [0.29, 0.717) is 6.07 Å². The van der Waals surface area contributed by atoms with Crippen molar-refractivity contribution >= 4 is 23.0 Å². The summed E-state index contributed by atoms with van der Waals surface area (Å²) in [5, 5.41) is 15.9. The van der Waals surface area contributed by atoms with Crippen molar-refractivity contribution in [2.75, 3.05) is 24.7 Å². The fourth-order valence-corrected chi connectivity index (χ4v) is 3.41. The fourth-order valence-electron chi connectivity index (χ4n) is 3.41. The van der Waals surface area contributed by atoms with Crippen LogP contribution in [0.25, 0.3) is 0 Å². The molecule has 0 unspecified atom stereocenters. The molecule has 0 heterocycles. The van der Waals surface area contributed by atoms with E-state index in [1.807, 2.05) is 0 Å². The first-order valence-corrected chi connectivity index (χ1v) is 10.1. The Bertz CT molecular complexity index is 1310. The monoisotopic (exact) mass is 479 g/mol. The molecule has 3 aromatic carbocycles. The Morgan fingerprint density at radius 1 is 1.09 bits per heavy atom. The van der Waals surface area contributed by atoms with Gasteiger partial charge in [0.15, 0.2) is 5.75 Å². The van der Waals surface area contributed by atoms with E-state index in [-0.39, 0.29) is 34.6 Å². The van der Waals surface area contributed by atoms with Gasteiger partial charge in [0.1, 0.15) is 17.2 Å². The normalized spacial score (nSPS) is 12.4. The molecule has 1 amide bonds. The van der Waals surface area contributed by atoms with Gasteiger partial charge in [-0.05, 0) is 36.2 Å². The first-order chi connectivity index (χ1) is 15.9. The van der Waals surface area contributed by atoms with Gasteiger partial charge in [-0.1, -0.05) is 19.1 Å². The minimum atomic E-state index is -4.85. The standard InChI is InChI=1S/C23H21F4N3O4/c1-4-15(11-8-9-13(14(24)10-11)23(25,26)27)28-17-18(21(33)20(17)32)29-16-7-5-6-12(19(16)31)22(34)30(2)3/h5-10,15,28-29,31H,4H2,1-3H3/t15-/m1/s1. The predicted octanol–water partition coefficient (Wildman–Crippen LogP) is 4.15. The number of carbonyl (C=O) groups is 1. The second-order valence-corrected chi connectivity index (χ2v) is 7.78. The number of hydrogen-bond donors (Lipinski definition) is 3. The Labute approximate surface area is 191 Å². The van der Waals surface area contributed by atoms with Crippen LogP contribution in [-0.4, -0.2) is 30.0 Å². The van der Waals surface area contributed by atoms with Gasteiger partial charge in [0.25, 0.3) is 16.8 Å². The van der Waals surface area contributed by atoms with E-state index in [1.165, 1.54) is 37.2 Å². The summed E-state index contributed by atoms with van der Waals surface area (Å²) in [7, 11) is 2.99. The molecule has 180 valence electrons. The molecule has 0 radical (unpaired) electrons. The minimum absolute atomic E-state index is 0.00327. The van der Waals surface area contributed by atoms with Crippen LogP contribution in [0.15, 0.2) is 46.0 Å². The molecule has 0 aliphatic carbocycles. The molecule has 0 spiro atoms. The summed E-state index contributed by atoms with van der Waals surface area (Å²) in [4.78, 5) is 37.8. The van der Waals surface area contributed by atoms with Crippen LogP contribution in [-0.2, 0) is 6.18 Å². The molecule has 1 atom stereocenters. The molecule has 0 aliphatic heterocycles. The zero-order chi connectivity index (χ0) is 25.4. The minimum Gasteiger partial charge on any atom is -0.505 e. The summed E-state index contributed by atoms with van der Waals surface area (Å²) in [5.41, 5.74) is -3.43. The van der Waals surface area contributed by atoms with Gasteiger partial charge in [-0.3, -0.25) is 14.4 Å². The first-order valence-electron chi connectivity index (χ1n) is 10.1. The highest BCUT2D eigenvalue weighted by Crippen LogP contribution is 2.35. The number of para-hydroxylation sites is 1. The summed E-state index contributed by atoms with van der Waals surface area (Å²) in [6, 6.07) is 5.90. The van der Waals surface area contributed by atoms with Crippen molar-refractivity contribution in [1.82, 2.24) is 4.90 Å². The predicted molar refractivity (Wildman–Crippen MR) is 119 cm³/mol. The third-order valence-electron chi connectivity index (χ3n) is 5.27. The summed E-state index contributed by atoms with van der Waals surface area (Å²) < 4.78 is 52.6. The number of nitrogens with zero attached hydrogens (tertiary/aromatic N) is 1. The molecule has 7 nitrogen and oxygen atoms in total. The number of hydrogen-bond acceptors (Lipinski definition) is 6.